The van der Waals surface area contributed by atoms with Crippen molar-refractivity contribution in [2.24, 2.45) is 0 Å². The van der Waals surface area contributed by atoms with Gasteiger partial charge in [-0.05, 0) is 38.6 Å². The lowest BCUT2D eigenvalue weighted by Gasteiger charge is -2.27. The average molecular weight is 418 g/mol. The number of hydrogen-bond acceptors (Lipinski definition) is 4. The number of rotatable bonds is 2. The summed E-state index contributed by atoms with van der Waals surface area (Å²) in [5, 5.41) is 4.71. The molecule has 156 valence electrons. The summed E-state index contributed by atoms with van der Waals surface area (Å²) in [5.74, 6) is -0.194. The number of aryl methyl sites for hydroxylation is 1. The van der Waals surface area contributed by atoms with Crippen LogP contribution in [-0.2, 0) is 17.9 Å². The van der Waals surface area contributed by atoms with Gasteiger partial charge in [0, 0.05) is 51.5 Å². The van der Waals surface area contributed by atoms with E-state index in [1.807, 2.05) is 38.2 Å². The van der Waals surface area contributed by atoms with Crippen LogP contribution in [0.5, 0.6) is 0 Å². The first-order chi connectivity index (χ1) is 13.9. The lowest BCUT2D eigenvalue weighted by molar-refractivity contribution is -0.116. The van der Waals surface area contributed by atoms with E-state index in [0.717, 1.165) is 30.8 Å². The van der Waals surface area contributed by atoms with Gasteiger partial charge in [-0.3, -0.25) is 14.3 Å². The molecule has 3 rings (SSSR count). The number of carbonyl (C=O) groups is 2. The number of likely N-dealkylation sites (N-methyl/N-ethyl adjacent to an activating group) is 1. The van der Waals surface area contributed by atoms with Gasteiger partial charge in [-0.15, -0.1) is 0 Å². The fourth-order valence-electron chi connectivity index (χ4n) is 3.57. The normalized spacial score (nSPS) is 16.3. The van der Waals surface area contributed by atoms with Gasteiger partial charge in [-0.25, -0.2) is 0 Å². The van der Waals surface area contributed by atoms with Crippen LogP contribution in [-0.4, -0.2) is 64.6 Å². The predicted molar refractivity (Wildman–Crippen MR) is 114 cm³/mol. The summed E-state index contributed by atoms with van der Waals surface area (Å²) in [4.78, 5) is 31.4. The number of nitrogens with zero attached hydrogens (tertiary/aromatic N) is 5. The highest BCUT2D eigenvalue weighted by Crippen LogP contribution is 2.25. The van der Waals surface area contributed by atoms with Crippen molar-refractivity contribution in [1.82, 2.24) is 19.6 Å². The number of hydrogen-bond donors (Lipinski definition) is 0. The van der Waals surface area contributed by atoms with Crippen LogP contribution in [0.3, 0.4) is 0 Å². The smallest absolute Gasteiger partial charge is 0.276 e. The SMILES string of the molecule is CCn1cc(Cl)c(C(=O)N2CCN(C)CCCN(C(C)=O)c3ccccc3C2)n1. The molecule has 0 saturated carbocycles. The second-order valence-electron chi connectivity index (χ2n) is 7.36. The molecule has 1 aromatic carbocycles. The summed E-state index contributed by atoms with van der Waals surface area (Å²) >= 11 is 6.29. The third-order valence-corrected chi connectivity index (χ3v) is 5.50. The zero-order valence-corrected chi connectivity index (χ0v) is 18.0. The largest absolute Gasteiger partial charge is 0.332 e. The van der Waals surface area contributed by atoms with E-state index in [4.69, 9.17) is 11.6 Å². The molecule has 0 N–H and O–H groups in total. The molecule has 1 aromatic heterocycles. The van der Waals surface area contributed by atoms with Gasteiger partial charge in [0.1, 0.15) is 0 Å². The monoisotopic (exact) mass is 417 g/mol. The van der Waals surface area contributed by atoms with Gasteiger partial charge in [0.2, 0.25) is 5.91 Å². The number of anilines is 1. The molecule has 8 heteroatoms. The molecular weight excluding hydrogens is 390 g/mol. The number of benzene rings is 1. The highest BCUT2D eigenvalue weighted by atomic mass is 35.5. The molecule has 7 nitrogen and oxygen atoms in total. The van der Waals surface area contributed by atoms with E-state index in [9.17, 15) is 9.59 Å². The molecule has 0 unspecified atom stereocenters. The fourth-order valence-corrected chi connectivity index (χ4v) is 3.80. The van der Waals surface area contributed by atoms with Gasteiger partial charge in [-0.1, -0.05) is 29.8 Å². The maximum atomic E-state index is 13.3. The van der Waals surface area contributed by atoms with Crippen molar-refractivity contribution in [3.63, 3.8) is 0 Å². The van der Waals surface area contributed by atoms with Crippen LogP contribution in [0, 0.1) is 0 Å². The zero-order valence-electron chi connectivity index (χ0n) is 17.3. The summed E-state index contributed by atoms with van der Waals surface area (Å²) in [6, 6.07) is 7.77. The molecule has 0 fully saturated rings. The van der Waals surface area contributed by atoms with E-state index in [1.165, 1.54) is 0 Å². The average Bonchev–Trinajstić information content (AvgIpc) is 3.07. The molecule has 0 bridgehead atoms. The number of amides is 2. The van der Waals surface area contributed by atoms with Gasteiger partial charge in [0.15, 0.2) is 5.69 Å². The van der Waals surface area contributed by atoms with E-state index in [2.05, 4.69) is 10.00 Å². The van der Waals surface area contributed by atoms with Crippen LogP contribution >= 0.6 is 11.6 Å². The first-order valence-electron chi connectivity index (χ1n) is 9.97. The summed E-state index contributed by atoms with van der Waals surface area (Å²) in [5.41, 5.74) is 2.06. The minimum absolute atomic E-state index is 0.00181. The van der Waals surface area contributed by atoms with E-state index in [-0.39, 0.29) is 17.5 Å². The van der Waals surface area contributed by atoms with E-state index in [1.54, 1.807) is 27.6 Å². The zero-order chi connectivity index (χ0) is 21.0. The van der Waals surface area contributed by atoms with Gasteiger partial charge in [0.25, 0.3) is 5.91 Å². The quantitative estimate of drug-likeness (QED) is 0.753. The third-order valence-electron chi connectivity index (χ3n) is 5.23. The number of para-hydroxylation sites is 1. The molecule has 0 saturated heterocycles. The lowest BCUT2D eigenvalue weighted by atomic mass is 10.1. The van der Waals surface area contributed by atoms with Crippen LogP contribution in [0.2, 0.25) is 5.02 Å². The Bertz CT molecular complexity index is 882. The Labute approximate surface area is 176 Å². The molecule has 1 aliphatic rings. The highest BCUT2D eigenvalue weighted by Gasteiger charge is 2.25. The number of carbonyl (C=O) groups excluding carboxylic acids is 2. The first-order valence-corrected chi connectivity index (χ1v) is 10.3. The Hall–Kier alpha value is -2.38. The van der Waals surface area contributed by atoms with Crippen LogP contribution in [0.25, 0.3) is 0 Å². The van der Waals surface area contributed by atoms with Crippen molar-refractivity contribution in [3.05, 3.63) is 46.7 Å². The van der Waals surface area contributed by atoms with Crippen molar-refractivity contribution in [2.45, 2.75) is 33.4 Å². The lowest BCUT2D eigenvalue weighted by Crippen LogP contribution is -2.37. The van der Waals surface area contributed by atoms with Crippen LogP contribution in [0.15, 0.2) is 30.5 Å². The van der Waals surface area contributed by atoms with Gasteiger partial charge >= 0.3 is 0 Å². The van der Waals surface area contributed by atoms with Crippen LogP contribution in [0.4, 0.5) is 5.69 Å². The Morgan fingerprint density at radius 3 is 2.59 bits per heavy atom. The Balaban J connectivity index is 1.98. The summed E-state index contributed by atoms with van der Waals surface area (Å²) in [6.45, 7) is 7.36. The van der Waals surface area contributed by atoms with Gasteiger partial charge in [0.05, 0.1) is 5.02 Å². The molecule has 29 heavy (non-hydrogen) atoms. The molecule has 2 aromatic rings. The second kappa shape index (κ2) is 9.41. The first kappa shape index (κ1) is 21.3. The third kappa shape index (κ3) is 4.97. The summed E-state index contributed by atoms with van der Waals surface area (Å²) in [7, 11) is 2.03. The number of halogens is 1. The van der Waals surface area contributed by atoms with Crippen LogP contribution < -0.4 is 4.90 Å². The predicted octanol–water partition coefficient (Wildman–Crippen LogP) is 2.89. The molecule has 2 heterocycles. The maximum absolute atomic E-state index is 13.3. The summed E-state index contributed by atoms with van der Waals surface area (Å²) in [6.07, 6.45) is 2.55. The second-order valence-corrected chi connectivity index (χ2v) is 7.77. The molecule has 0 spiro atoms. The van der Waals surface area contributed by atoms with E-state index < -0.39 is 0 Å². The minimum atomic E-state index is -0.195. The molecule has 0 radical (unpaired) electrons. The molecule has 0 aliphatic carbocycles. The molecule has 2 amide bonds. The van der Waals surface area contributed by atoms with E-state index >= 15 is 0 Å². The van der Waals surface area contributed by atoms with Crippen LogP contribution in [0.1, 0.15) is 36.3 Å². The number of fused-ring (bicyclic) bond motifs is 1. The molecule has 1 aliphatic heterocycles. The minimum Gasteiger partial charge on any atom is -0.332 e. The van der Waals surface area contributed by atoms with Crippen molar-refractivity contribution in [1.29, 1.82) is 0 Å². The van der Waals surface area contributed by atoms with Crippen molar-refractivity contribution in [2.75, 3.05) is 38.1 Å². The Morgan fingerprint density at radius 2 is 1.90 bits per heavy atom. The Morgan fingerprint density at radius 1 is 1.14 bits per heavy atom. The van der Waals surface area contributed by atoms with Crippen molar-refractivity contribution in [3.8, 4) is 0 Å². The molecular formula is C21H28ClN5O2. The van der Waals surface area contributed by atoms with E-state index in [0.29, 0.717) is 31.2 Å². The Kier molecular flexibility index (Phi) is 6.92. The van der Waals surface area contributed by atoms with Crippen molar-refractivity contribution < 1.29 is 9.59 Å². The van der Waals surface area contributed by atoms with Crippen molar-refractivity contribution >= 4 is 29.1 Å². The van der Waals surface area contributed by atoms with Gasteiger partial charge < -0.3 is 14.7 Å². The maximum Gasteiger partial charge on any atom is 0.276 e. The fraction of sp³-hybridized carbons (Fsp3) is 0.476. The summed E-state index contributed by atoms with van der Waals surface area (Å²) < 4.78 is 1.67. The topological polar surface area (TPSA) is 61.7 Å². The van der Waals surface area contributed by atoms with Gasteiger partial charge in [-0.2, -0.15) is 5.10 Å². The highest BCUT2D eigenvalue weighted by molar-refractivity contribution is 6.33. The number of aromatic nitrogens is 2. The molecule has 0 atom stereocenters. The standard InChI is InChI=1S/C21H28ClN5O2/c1-4-26-15-18(22)20(23-26)21(29)25-13-12-24(3)10-7-11-27(16(2)28)19-9-6-5-8-17(19)14-25/h5-6,8-9,15H,4,7,10-14H2,1-3H3.